The van der Waals surface area contributed by atoms with E-state index in [0.29, 0.717) is 0 Å². The van der Waals surface area contributed by atoms with Crippen LogP contribution in [0.5, 0.6) is 0 Å². The lowest BCUT2D eigenvalue weighted by molar-refractivity contribution is -0.276. The number of carbonyl (C=O) groups excluding carboxylic acids is 1. The van der Waals surface area contributed by atoms with Crippen molar-refractivity contribution in [2.75, 3.05) is 37.6 Å². The van der Waals surface area contributed by atoms with Gasteiger partial charge in [-0.3, -0.25) is 9.69 Å². The summed E-state index contributed by atoms with van der Waals surface area (Å²) in [4.78, 5) is 27.4. The Morgan fingerprint density at radius 1 is 0.762 bits per heavy atom. The summed E-state index contributed by atoms with van der Waals surface area (Å²) in [6.07, 6.45) is 2.72. The summed E-state index contributed by atoms with van der Waals surface area (Å²) in [5, 5.41) is 12.7. The minimum absolute atomic E-state index is 0.0269. The summed E-state index contributed by atoms with van der Waals surface area (Å²) in [6.45, 7) is 8.34. The molecule has 0 bridgehead atoms. The molecule has 1 aromatic heterocycles. The molecule has 6 aromatic rings. The monoisotopic (exact) mass is 866 g/mol. The number of ether oxygens (including phenoxy) is 2. The first-order valence-corrected chi connectivity index (χ1v) is 22.9. The van der Waals surface area contributed by atoms with E-state index in [1.165, 1.54) is 0 Å². The molecule has 1 amide bonds. The number of aliphatic hydroxyl groups excluding tert-OH is 1. The van der Waals surface area contributed by atoms with Crippen LogP contribution in [0.15, 0.2) is 151 Å². The molecule has 0 saturated carbocycles. The fraction of sp³-hybridized carbons (Fsp3) is 0.300. The molecule has 5 aromatic carbocycles. The maximum absolute atomic E-state index is 13.8. The Hall–Kier alpha value is -5.80. The van der Waals surface area contributed by atoms with Crippen LogP contribution in [-0.2, 0) is 43.9 Å². The Bertz CT molecular complexity index is 2540. The maximum Gasteiger partial charge on any atom is 0.241 e. The summed E-state index contributed by atoms with van der Waals surface area (Å²) in [6, 6.07) is 40.8. The second-order valence-corrected chi connectivity index (χ2v) is 18.1. The predicted octanol–water partition coefficient (Wildman–Crippen LogP) is 6.76. The van der Waals surface area contributed by atoms with Gasteiger partial charge in [-0.2, -0.15) is 4.72 Å². The highest BCUT2D eigenvalue weighted by Gasteiger charge is 2.39. The standard InChI is InChI=1S/C50H54N6O6S/c1-35-15-21-44(22-16-35)63(59,60)54-45(30-37-9-4-3-5-10-37)48(58)53-32-39-11-6-12-41(29-39)42-13-7-14-43(31-42)49-61-46(36(2)47(62-49)40-19-17-38(34-57)18-20-40)33-55-25-27-56(28-26-55)50-51-23-8-24-52-50/h3-24,29,31,36,45-47,49,54,57H,25-28,30,32-34H2,1-2H3,(H,53,58)/t36-,45-,46+,47+,49+/m1/s1. The summed E-state index contributed by atoms with van der Waals surface area (Å²) >= 11 is 0. The lowest BCUT2D eigenvalue weighted by Crippen LogP contribution is -2.51. The molecule has 12 nitrogen and oxygen atoms in total. The number of rotatable bonds is 15. The van der Waals surface area contributed by atoms with E-state index in [0.717, 1.165) is 83.2 Å². The lowest BCUT2D eigenvalue weighted by Gasteiger charge is -2.44. The van der Waals surface area contributed by atoms with Crippen LogP contribution in [0.3, 0.4) is 0 Å². The molecule has 326 valence electrons. The minimum atomic E-state index is -3.98. The Balaban J connectivity index is 0.975. The SMILES string of the molecule is Cc1ccc(S(=O)(=O)N[C@H](Cc2ccccc2)C(=O)NCc2cccc(-c3cccc([C@H]4O[C@@H](CN5CCN(c6ncccn6)CC5)[C@@H](C)[C@@H](c5ccc(CO)cc5)O4)c3)c2)cc1. The van der Waals surface area contributed by atoms with Crippen molar-refractivity contribution >= 4 is 21.9 Å². The molecular weight excluding hydrogens is 813 g/mol. The Labute approximate surface area is 370 Å². The van der Waals surface area contributed by atoms with Gasteiger partial charge in [0.05, 0.1) is 23.7 Å². The minimum Gasteiger partial charge on any atom is -0.392 e. The predicted molar refractivity (Wildman–Crippen MR) is 243 cm³/mol. The molecule has 2 aliphatic rings. The van der Waals surface area contributed by atoms with E-state index >= 15 is 0 Å². The highest BCUT2D eigenvalue weighted by molar-refractivity contribution is 7.89. The van der Waals surface area contributed by atoms with Gasteiger partial charge >= 0.3 is 0 Å². The Morgan fingerprint density at radius 2 is 1.44 bits per heavy atom. The number of anilines is 1. The van der Waals surface area contributed by atoms with Crippen LogP contribution in [0, 0.1) is 12.8 Å². The quantitative estimate of drug-likeness (QED) is 0.101. The van der Waals surface area contributed by atoms with Gasteiger partial charge in [-0.15, -0.1) is 0 Å². The van der Waals surface area contributed by atoms with E-state index in [2.05, 4.69) is 42.8 Å². The van der Waals surface area contributed by atoms with Crippen molar-refractivity contribution in [1.29, 1.82) is 0 Å². The van der Waals surface area contributed by atoms with Crippen molar-refractivity contribution in [3.63, 3.8) is 0 Å². The smallest absolute Gasteiger partial charge is 0.241 e. The van der Waals surface area contributed by atoms with Crippen molar-refractivity contribution in [3.05, 3.63) is 179 Å². The largest absolute Gasteiger partial charge is 0.392 e. The number of carbonyl (C=O) groups is 1. The van der Waals surface area contributed by atoms with Crippen LogP contribution in [0.2, 0.25) is 0 Å². The summed E-state index contributed by atoms with van der Waals surface area (Å²) in [7, 11) is -3.98. The van der Waals surface area contributed by atoms with Gasteiger partial charge < -0.3 is 24.8 Å². The first-order chi connectivity index (χ1) is 30.6. The number of amides is 1. The van der Waals surface area contributed by atoms with Gasteiger partial charge in [0.1, 0.15) is 6.04 Å². The molecule has 2 aliphatic heterocycles. The number of sulfonamides is 1. The van der Waals surface area contributed by atoms with Crippen LogP contribution in [0.25, 0.3) is 11.1 Å². The second-order valence-electron chi connectivity index (χ2n) is 16.4. The highest BCUT2D eigenvalue weighted by atomic mass is 32.2. The van der Waals surface area contributed by atoms with Crippen molar-refractivity contribution < 1.29 is 27.8 Å². The van der Waals surface area contributed by atoms with Crippen molar-refractivity contribution in [2.45, 2.75) is 62.9 Å². The number of aryl methyl sites for hydroxylation is 1. The van der Waals surface area contributed by atoms with Gasteiger partial charge in [-0.25, -0.2) is 18.4 Å². The van der Waals surface area contributed by atoms with Crippen LogP contribution >= 0.6 is 0 Å². The van der Waals surface area contributed by atoms with Crippen LogP contribution in [0.4, 0.5) is 5.95 Å². The third-order valence-corrected chi connectivity index (χ3v) is 13.4. The fourth-order valence-electron chi connectivity index (χ4n) is 8.22. The van der Waals surface area contributed by atoms with E-state index in [1.807, 2.05) is 110 Å². The number of aliphatic hydroxyl groups is 1. The molecular formula is C50H54N6O6S. The molecule has 13 heteroatoms. The van der Waals surface area contributed by atoms with E-state index in [4.69, 9.17) is 9.47 Å². The first-order valence-electron chi connectivity index (χ1n) is 21.5. The maximum atomic E-state index is 13.8. The zero-order chi connectivity index (χ0) is 43.8. The number of aromatic nitrogens is 2. The van der Waals surface area contributed by atoms with Gasteiger partial charge in [-0.1, -0.05) is 116 Å². The fourth-order valence-corrected chi connectivity index (χ4v) is 9.41. The third-order valence-electron chi connectivity index (χ3n) is 11.9. The van der Waals surface area contributed by atoms with Crippen molar-refractivity contribution in [3.8, 4) is 11.1 Å². The van der Waals surface area contributed by atoms with Crippen LogP contribution < -0.4 is 14.9 Å². The molecule has 63 heavy (non-hydrogen) atoms. The second kappa shape index (κ2) is 20.1. The van der Waals surface area contributed by atoms with Gasteiger partial charge in [0, 0.05) is 63.1 Å². The molecule has 0 unspecified atom stereocenters. The van der Waals surface area contributed by atoms with Gasteiger partial charge in [0.2, 0.25) is 21.9 Å². The Kier molecular flexibility index (Phi) is 14.0. The van der Waals surface area contributed by atoms with E-state index in [1.54, 1.807) is 36.7 Å². The average Bonchev–Trinajstić information content (AvgIpc) is 3.32. The molecule has 5 atom stereocenters. The number of nitrogens with zero attached hydrogens (tertiary/aromatic N) is 4. The topological polar surface area (TPSA) is 146 Å². The van der Waals surface area contributed by atoms with Crippen molar-refractivity contribution in [2.24, 2.45) is 5.92 Å². The zero-order valence-electron chi connectivity index (χ0n) is 35.6. The Morgan fingerprint density at radius 3 is 2.16 bits per heavy atom. The summed E-state index contributed by atoms with van der Waals surface area (Å²) in [5.41, 5.74) is 7.29. The van der Waals surface area contributed by atoms with E-state index < -0.39 is 28.3 Å². The zero-order valence-corrected chi connectivity index (χ0v) is 36.4. The first kappa shape index (κ1) is 43.8. The molecule has 3 heterocycles. The molecule has 3 N–H and O–H groups in total. The molecule has 2 fully saturated rings. The normalized spacial score (nSPS) is 20.0. The molecule has 0 spiro atoms. The molecule has 0 radical (unpaired) electrons. The van der Waals surface area contributed by atoms with Crippen LogP contribution in [0.1, 0.15) is 52.7 Å². The molecule has 8 rings (SSSR count). The van der Waals surface area contributed by atoms with E-state index in [9.17, 15) is 18.3 Å². The van der Waals surface area contributed by atoms with Gasteiger partial charge in [0.25, 0.3) is 0 Å². The average molecular weight is 867 g/mol. The van der Waals surface area contributed by atoms with Gasteiger partial charge in [-0.05, 0) is 77.1 Å². The number of piperazine rings is 1. The molecule has 0 aliphatic carbocycles. The number of benzene rings is 5. The van der Waals surface area contributed by atoms with Gasteiger partial charge in [0.15, 0.2) is 6.29 Å². The van der Waals surface area contributed by atoms with Crippen molar-refractivity contribution in [1.82, 2.24) is 24.9 Å². The lowest BCUT2D eigenvalue weighted by atomic mass is 9.89. The molecule has 2 saturated heterocycles. The third kappa shape index (κ3) is 11.1. The summed E-state index contributed by atoms with van der Waals surface area (Å²) in [5.74, 6) is 0.364. The summed E-state index contributed by atoms with van der Waals surface area (Å²) < 4.78 is 43.2. The van der Waals surface area contributed by atoms with E-state index in [-0.39, 0.29) is 42.6 Å². The van der Waals surface area contributed by atoms with Crippen LogP contribution in [-0.4, -0.2) is 79.2 Å². The highest BCUT2D eigenvalue weighted by Crippen LogP contribution is 2.42. The number of hydrogen-bond donors (Lipinski definition) is 3. The number of nitrogens with one attached hydrogen (secondary N) is 2. The number of hydrogen-bond acceptors (Lipinski definition) is 10.